The van der Waals surface area contributed by atoms with Crippen molar-refractivity contribution in [3.8, 4) is 0 Å². The molecule has 4 aromatic rings. The molecule has 1 aromatic heterocycles. The molecule has 1 aliphatic heterocycles. The van der Waals surface area contributed by atoms with E-state index >= 15 is 0 Å². The Morgan fingerprint density at radius 2 is 1.77 bits per heavy atom. The Bertz CT molecular complexity index is 1350. The molecule has 0 radical (unpaired) electrons. The highest BCUT2D eigenvalue weighted by molar-refractivity contribution is 5.86. The van der Waals surface area contributed by atoms with Gasteiger partial charge in [0.1, 0.15) is 5.60 Å². The van der Waals surface area contributed by atoms with E-state index in [1.807, 2.05) is 38.0 Å². The van der Waals surface area contributed by atoms with E-state index < -0.39 is 5.60 Å². The van der Waals surface area contributed by atoms with Gasteiger partial charge in [-0.15, -0.1) is 0 Å². The summed E-state index contributed by atoms with van der Waals surface area (Å²) in [5.41, 5.74) is 3.09. The van der Waals surface area contributed by atoms with Crippen molar-refractivity contribution >= 4 is 16.9 Å². The number of piperidine rings is 1. The lowest BCUT2D eigenvalue weighted by Gasteiger charge is -2.42. The first-order chi connectivity index (χ1) is 18.8. The van der Waals surface area contributed by atoms with E-state index in [1.54, 1.807) is 6.26 Å². The Kier molecular flexibility index (Phi) is 8.08. The zero-order valence-electron chi connectivity index (χ0n) is 23.5. The molecule has 1 aliphatic rings. The second kappa shape index (κ2) is 11.7. The van der Waals surface area contributed by atoms with Crippen molar-refractivity contribution in [2.24, 2.45) is 5.92 Å². The largest absolute Gasteiger partial charge is 0.472 e. The fourth-order valence-corrected chi connectivity index (χ4v) is 5.90. The van der Waals surface area contributed by atoms with Crippen molar-refractivity contribution in [1.29, 1.82) is 0 Å². The Morgan fingerprint density at radius 1 is 1.03 bits per heavy atom. The van der Waals surface area contributed by atoms with Gasteiger partial charge in [0, 0.05) is 31.1 Å². The van der Waals surface area contributed by atoms with Gasteiger partial charge < -0.3 is 14.1 Å². The number of benzene rings is 3. The smallest absolute Gasteiger partial charge is 0.410 e. The lowest BCUT2D eigenvalue weighted by molar-refractivity contribution is 0.00904. The van der Waals surface area contributed by atoms with Gasteiger partial charge in [-0.1, -0.05) is 72.8 Å². The maximum Gasteiger partial charge on any atom is 0.410 e. The minimum atomic E-state index is -0.569. The van der Waals surface area contributed by atoms with Crippen LogP contribution in [-0.4, -0.2) is 41.1 Å². The number of ether oxygens (including phenoxy) is 1. The maximum absolute atomic E-state index is 13.8. The molecule has 1 saturated heterocycles. The molecule has 0 spiro atoms. The Labute approximate surface area is 232 Å². The number of furan rings is 1. The Balaban J connectivity index is 1.45. The van der Waals surface area contributed by atoms with Crippen molar-refractivity contribution in [3.05, 3.63) is 108 Å². The van der Waals surface area contributed by atoms with E-state index in [0.29, 0.717) is 18.4 Å². The van der Waals surface area contributed by atoms with Crippen LogP contribution in [0, 0.1) is 5.92 Å². The molecule has 1 fully saturated rings. The summed E-state index contributed by atoms with van der Waals surface area (Å²) in [4.78, 5) is 18.3. The fraction of sp³-hybridized carbons (Fsp3) is 0.382. The molecule has 3 aromatic carbocycles. The van der Waals surface area contributed by atoms with Crippen LogP contribution in [0.2, 0.25) is 0 Å². The van der Waals surface area contributed by atoms with Crippen molar-refractivity contribution in [2.45, 2.75) is 58.2 Å². The number of rotatable bonds is 7. The van der Waals surface area contributed by atoms with E-state index in [2.05, 4.69) is 84.6 Å². The molecule has 5 nitrogen and oxygen atoms in total. The summed E-state index contributed by atoms with van der Waals surface area (Å²) in [7, 11) is 0. The van der Waals surface area contributed by atoms with Crippen molar-refractivity contribution in [2.75, 3.05) is 19.6 Å². The lowest BCUT2D eigenvalue weighted by atomic mass is 9.80. The van der Waals surface area contributed by atoms with E-state index in [0.717, 1.165) is 31.6 Å². The molecule has 0 saturated carbocycles. The third-order valence-corrected chi connectivity index (χ3v) is 7.85. The highest BCUT2D eigenvalue weighted by Gasteiger charge is 2.36. The molecule has 204 valence electrons. The van der Waals surface area contributed by atoms with Crippen LogP contribution in [0.1, 0.15) is 62.8 Å². The molecule has 3 atom stereocenters. The molecular formula is C34H40N2O3. The third-order valence-electron chi connectivity index (χ3n) is 7.85. The molecule has 39 heavy (non-hydrogen) atoms. The summed E-state index contributed by atoms with van der Waals surface area (Å²) in [5, 5.41) is 2.36. The van der Waals surface area contributed by atoms with Crippen LogP contribution in [0.5, 0.6) is 0 Å². The number of nitrogens with zero attached hydrogens (tertiary/aromatic N) is 2. The summed E-state index contributed by atoms with van der Waals surface area (Å²) < 4.78 is 11.3. The number of amides is 1. The van der Waals surface area contributed by atoms with Gasteiger partial charge in [0.15, 0.2) is 0 Å². The van der Waals surface area contributed by atoms with Gasteiger partial charge in [-0.2, -0.15) is 0 Å². The van der Waals surface area contributed by atoms with Crippen LogP contribution < -0.4 is 0 Å². The quantitative estimate of drug-likeness (QED) is 0.245. The first-order valence-electron chi connectivity index (χ1n) is 14.0. The predicted molar refractivity (Wildman–Crippen MR) is 157 cm³/mol. The molecule has 0 bridgehead atoms. The monoisotopic (exact) mass is 524 g/mol. The lowest BCUT2D eigenvalue weighted by Crippen LogP contribution is -2.46. The van der Waals surface area contributed by atoms with Gasteiger partial charge in [0.2, 0.25) is 0 Å². The van der Waals surface area contributed by atoms with Gasteiger partial charge in [0.05, 0.1) is 18.6 Å². The minimum Gasteiger partial charge on any atom is -0.472 e. The van der Waals surface area contributed by atoms with Crippen LogP contribution in [0.15, 0.2) is 95.8 Å². The van der Waals surface area contributed by atoms with E-state index in [4.69, 9.17) is 9.15 Å². The second-order valence-electron chi connectivity index (χ2n) is 11.8. The molecule has 1 amide bonds. The zero-order chi connectivity index (χ0) is 27.4. The molecular weight excluding hydrogens is 484 g/mol. The molecule has 2 heterocycles. The number of likely N-dealkylation sites (tertiary alicyclic amines) is 1. The highest BCUT2D eigenvalue weighted by Crippen LogP contribution is 2.37. The average molecular weight is 525 g/mol. The predicted octanol–water partition coefficient (Wildman–Crippen LogP) is 8.04. The molecule has 0 aliphatic carbocycles. The zero-order valence-corrected chi connectivity index (χ0v) is 23.5. The summed E-state index contributed by atoms with van der Waals surface area (Å²) in [5.74, 6) is 0.606. The first-order valence-corrected chi connectivity index (χ1v) is 14.0. The van der Waals surface area contributed by atoms with Crippen LogP contribution in [-0.2, 0) is 11.3 Å². The Hall–Kier alpha value is -3.57. The SMILES string of the molecule is C[C@H](c1cccc2ccccc12)N(CC1CCN(Cc2ccoc2)CC1c1ccccc1)C(=O)OC(C)(C)C. The van der Waals surface area contributed by atoms with E-state index in [-0.39, 0.29) is 12.1 Å². The van der Waals surface area contributed by atoms with Crippen molar-refractivity contribution in [3.63, 3.8) is 0 Å². The Morgan fingerprint density at radius 3 is 2.51 bits per heavy atom. The summed E-state index contributed by atoms with van der Waals surface area (Å²) in [6.45, 7) is 11.4. The summed E-state index contributed by atoms with van der Waals surface area (Å²) >= 11 is 0. The van der Waals surface area contributed by atoms with E-state index in [9.17, 15) is 4.79 Å². The van der Waals surface area contributed by atoms with Crippen LogP contribution >= 0.6 is 0 Å². The number of fused-ring (bicyclic) bond motifs is 1. The van der Waals surface area contributed by atoms with Gasteiger partial charge in [-0.3, -0.25) is 4.90 Å². The van der Waals surface area contributed by atoms with Crippen molar-refractivity contribution in [1.82, 2.24) is 9.80 Å². The highest BCUT2D eigenvalue weighted by atomic mass is 16.6. The minimum absolute atomic E-state index is 0.133. The number of carbonyl (C=O) groups is 1. The normalized spacial score (nSPS) is 19.1. The molecule has 5 rings (SSSR count). The average Bonchev–Trinajstić information content (AvgIpc) is 3.44. The van der Waals surface area contributed by atoms with E-state index in [1.165, 1.54) is 21.9 Å². The van der Waals surface area contributed by atoms with Crippen molar-refractivity contribution < 1.29 is 13.9 Å². The molecule has 0 N–H and O–H groups in total. The van der Waals surface area contributed by atoms with Gasteiger partial charge in [-0.05, 0) is 74.5 Å². The number of hydrogen-bond acceptors (Lipinski definition) is 4. The number of hydrogen-bond donors (Lipinski definition) is 0. The molecule has 2 unspecified atom stereocenters. The standard InChI is InChI=1S/C34H40N2O3/c1-25(30-16-10-14-27-13-8-9-15-31(27)30)36(33(37)39-34(2,3)4)22-29-17-19-35(21-26-18-20-38-24-26)23-32(29)28-11-6-5-7-12-28/h5-16,18,20,24-25,29,32H,17,19,21-23H2,1-4H3/t25-,29?,32?/m1/s1. The topological polar surface area (TPSA) is 45.9 Å². The summed E-state index contributed by atoms with van der Waals surface area (Å²) in [6, 6.07) is 27.4. The summed E-state index contributed by atoms with van der Waals surface area (Å²) in [6.07, 6.45) is 4.32. The van der Waals surface area contributed by atoms with Gasteiger partial charge in [0.25, 0.3) is 0 Å². The third kappa shape index (κ3) is 6.54. The maximum atomic E-state index is 13.8. The number of carbonyl (C=O) groups excluding carboxylic acids is 1. The van der Waals surface area contributed by atoms with Gasteiger partial charge in [-0.25, -0.2) is 4.79 Å². The second-order valence-corrected chi connectivity index (χ2v) is 11.8. The fourth-order valence-electron chi connectivity index (χ4n) is 5.90. The van der Waals surface area contributed by atoms with Crippen LogP contribution in [0.25, 0.3) is 10.8 Å². The van der Waals surface area contributed by atoms with Gasteiger partial charge >= 0.3 is 6.09 Å². The van der Waals surface area contributed by atoms with Crippen LogP contribution in [0.4, 0.5) is 4.79 Å². The molecule has 5 heteroatoms. The van der Waals surface area contributed by atoms with Crippen LogP contribution in [0.3, 0.4) is 0 Å². The first kappa shape index (κ1) is 27.0.